The summed E-state index contributed by atoms with van der Waals surface area (Å²) < 4.78 is 5.24. The average Bonchev–Trinajstić information content (AvgIpc) is 3.06. The van der Waals surface area contributed by atoms with Crippen molar-refractivity contribution in [2.24, 2.45) is 0 Å². The highest BCUT2D eigenvalue weighted by atomic mass is 35.5. The Balaban J connectivity index is 1.97. The van der Waals surface area contributed by atoms with Gasteiger partial charge in [-0.15, -0.1) is 0 Å². The third-order valence-corrected chi connectivity index (χ3v) is 5.91. The van der Waals surface area contributed by atoms with Crippen LogP contribution in [0.5, 0.6) is 5.75 Å². The van der Waals surface area contributed by atoms with Gasteiger partial charge in [0.1, 0.15) is 11.5 Å². The summed E-state index contributed by atoms with van der Waals surface area (Å²) >= 11 is 6.22. The van der Waals surface area contributed by atoms with E-state index in [0.29, 0.717) is 27.6 Å². The maximum absolute atomic E-state index is 13.3. The van der Waals surface area contributed by atoms with Gasteiger partial charge in [-0.25, -0.2) is 0 Å². The Bertz CT molecular complexity index is 1250. The van der Waals surface area contributed by atoms with Crippen LogP contribution >= 0.6 is 11.6 Å². The summed E-state index contributed by atoms with van der Waals surface area (Å²) in [5.74, 6) is -1.05. The number of Topliss-reactive ketones (excluding diaryl/α,β-unsaturated/α-hetero) is 1. The van der Waals surface area contributed by atoms with Gasteiger partial charge in [-0.3, -0.25) is 14.5 Å². The van der Waals surface area contributed by atoms with Gasteiger partial charge in [0, 0.05) is 16.3 Å². The molecule has 4 rings (SSSR count). The van der Waals surface area contributed by atoms with E-state index in [1.807, 2.05) is 44.2 Å². The maximum atomic E-state index is 13.3. The fourth-order valence-electron chi connectivity index (χ4n) is 4.05. The largest absolute Gasteiger partial charge is 0.507 e. The molecular weight excluding hydrogens is 426 g/mol. The second-order valence-corrected chi connectivity index (χ2v) is 8.13. The number of halogens is 1. The molecule has 1 amide bonds. The Morgan fingerprint density at radius 3 is 2.34 bits per heavy atom. The lowest BCUT2D eigenvalue weighted by molar-refractivity contribution is -0.132. The number of amides is 1. The van der Waals surface area contributed by atoms with E-state index >= 15 is 0 Å². The molecule has 3 aromatic carbocycles. The number of aliphatic hydroxyl groups excluding tert-OH is 1. The van der Waals surface area contributed by atoms with Crippen LogP contribution in [0.3, 0.4) is 0 Å². The summed E-state index contributed by atoms with van der Waals surface area (Å²) in [7, 11) is 1.56. The van der Waals surface area contributed by atoms with Gasteiger partial charge >= 0.3 is 0 Å². The lowest BCUT2D eigenvalue weighted by Gasteiger charge is -2.27. The first-order valence-corrected chi connectivity index (χ1v) is 10.5. The van der Waals surface area contributed by atoms with Crippen LogP contribution in [-0.4, -0.2) is 23.9 Å². The van der Waals surface area contributed by atoms with Crippen LogP contribution in [0.15, 0.2) is 72.3 Å². The SMILES string of the molecule is COc1ccc(/C(O)=C2/C(=O)C(=O)N(c3cc(Cl)ccc3C)C2c2ccccc2)c(C)c1. The molecule has 1 aliphatic heterocycles. The van der Waals surface area contributed by atoms with Crippen molar-refractivity contribution in [2.45, 2.75) is 19.9 Å². The number of aryl methyl sites for hydroxylation is 2. The standard InChI is InChI=1S/C26H22ClNO4/c1-15-9-10-18(27)14-21(15)28-23(17-7-5-4-6-8-17)22(25(30)26(28)31)24(29)20-12-11-19(32-3)13-16(20)2/h4-14,23,29H,1-3H3/b24-22-. The van der Waals surface area contributed by atoms with E-state index in [-0.39, 0.29) is 11.3 Å². The Morgan fingerprint density at radius 1 is 0.969 bits per heavy atom. The number of carbonyl (C=O) groups excluding carboxylic acids is 2. The lowest BCUT2D eigenvalue weighted by Crippen LogP contribution is -2.30. The zero-order chi connectivity index (χ0) is 23.0. The minimum absolute atomic E-state index is 0.0360. The van der Waals surface area contributed by atoms with Crippen molar-refractivity contribution < 1.29 is 19.4 Å². The summed E-state index contributed by atoms with van der Waals surface area (Å²) in [5.41, 5.74) is 3.25. The van der Waals surface area contributed by atoms with Crippen molar-refractivity contribution in [2.75, 3.05) is 12.0 Å². The third kappa shape index (κ3) is 3.65. The first-order valence-electron chi connectivity index (χ1n) is 10.1. The first-order chi connectivity index (χ1) is 15.3. The topological polar surface area (TPSA) is 66.8 Å². The first kappa shape index (κ1) is 21.7. The number of anilines is 1. The van der Waals surface area contributed by atoms with E-state index in [1.54, 1.807) is 43.5 Å². The number of hydrogen-bond donors (Lipinski definition) is 1. The molecule has 0 aliphatic carbocycles. The molecule has 32 heavy (non-hydrogen) atoms. The van der Waals surface area contributed by atoms with Gasteiger partial charge in [-0.05, 0) is 60.9 Å². The van der Waals surface area contributed by atoms with Crippen molar-refractivity contribution in [1.29, 1.82) is 0 Å². The molecule has 162 valence electrons. The minimum atomic E-state index is -0.796. The molecule has 1 N–H and O–H groups in total. The Labute approximate surface area is 191 Å². The summed E-state index contributed by atoms with van der Waals surface area (Å²) in [5, 5.41) is 11.7. The second-order valence-electron chi connectivity index (χ2n) is 7.69. The van der Waals surface area contributed by atoms with E-state index in [1.165, 1.54) is 4.90 Å². The van der Waals surface area contributed by atoms with Gasteiger partial charge in [-0.1, -0.05) is 48.0 Å². The monoisotopic (exact) mass is 447 g/mol. The van der Waals surface area contributed by atoms with Crippen molar-refractivity contribution in [1.82, 2.24) is 0 Å². The summed E-state index contributed by atoms with van der Waals surface area (Å²) in [6.07, 6.45) is 0. The molecule has 3 aromatic rings. The predicted molar refractivity (Wildman–Crippen MR) is 125 cm³/mol. The quantitative estimate of drug-likeness (QED) is 0.321. The Kier molecular flexibility index (Phi) is 5.76. The molecular formula is C26H22ClNO4. The highest BCUT2D eigenvalue weighted by Crippen LogP contribution is 2.44. The van der Waals surface area contributed by atoms with Gasteiger partial charge in [0.15, 0.2) is 0 Å². The average molecular weight is 448 g/mol. The summed E-state index contributed by atoms with van der Waals surface area (Å²) in [4.78, 5) is 27.9. The molecule has 1 saturated heterocycles. The van der Waals surface area contributed by atoms with E-state index in [2.05, 4.69) is 0 Å². The molecule has 1 unspecified atom stereocenters. The van der Waals surface area contributed by atoms with Crippen LogP contribution < -0.4 is 9.64 Å². The lowest BCUT2D eigenvalue weighted by atomic mass is 9.93. The van der Waals surface area contributed by atoms with Crippen LogP contribution in [0.1, 0.15) is 28.3 Å². The highest BCUT2D eigenvalue weighted by molar-refractivity contribution is 6.52. The van der Waals surface area contributed by atoms with E-state index in [9.17, 15) is 14.7 Å². The van der Waals surface area contributed by atoms with Gasteiger partial charge in [-0.2, -0.15) is 0 Å². The zero-order valence-electron chi connectivity index (χ0n) is 17.9. The van der Waals surface area contributed by atoms with E-state index in [0.717, 1.165) is 11.1 Å². The van der Waals surface area contributed by atoms with Crippen LogP contribution in [0.4, 0.5) is 5.69 Å². The number of rotatable bonds is 4. The number of ether oxygens (including phenoxy) is 1. The van der Waals surface area contributed by atoms with Crippen LogP contribution in [-0.2, 0) is 9.59 Å². The van der Waals surface area contributed by atoms with E-state index in [4.69, 9.17) is 16.3 Å². The van der Waals surface area contributed by atoms with E-state index < -0.39 is 17.7 Å². The molecule has 0 bridgehead atoms. The van der Waals surface area contributed by atoms with Gasteiger partial charge in [0.25, 0.3) is 11.7 Å². The molecule has 0 saturated carbocycles. The van der Waals surface area contributed by atoms with Gasteiger partial charge < -0.3 is 9.84 Å². The third-order valence-electron chi connectivity index (χ3n) is 5.68. The van der Waals surface area contributed by atoms with Gasteiger partial charge in [0.2, 0.25) is 0 Å². The van der Waals surface area contributed by atoms with Crippen molar-refractivity contribution in [3.8, 4) is 5.75 Å². The number of carbonyl (C=O) groups is 2. The fraction of sp³-hybridized carbons (Fsp3) is 0.154. The molecule has 5 nitrogen and oxygen atoms in total. The van der Waals surface area contributed by atoms with Crippen LogP contribution in [0.25, 0.3) is 5.76 Å². The van der Waals surface area contributed by atoms with Gasteiger partial charge in [0.05, 0.1) is 18.7 Å². The smallest absolute Gasteiger partial charge is 0.300 e. The fourth-order valence-corrected chi connectivity index (χ4v) is 4.21. The highest BCUT2D eigenvalue weighted by Gasteiger charge is 2.47. The molecule has 0 radical (unpaired) electrons. The number of nitrogens with zero attached hydrogens (tertiary/aromatic N) is 1. The summed E-state index contributed by atoms with van der Waals surface area (Å²) in [6.45, 7) is 3.66. The normalized spacial score (nSPS) is 17.6. The Hall–Kier alpha value is -3.57. The number of ketones is 1. The maximum Gasteiger partial charge on any atom is 0.300 e. The van der Waals surface area contributed by atoms with Crippen molar-refractivity contribution >= 4 is 34.7 Å². The number of aliphatic hydroxyl groups is 1. The second kappa shape index (κ2) is 8.52. The Morgan fingerprint density at radius 2 is 1.69 bits per heavy atom. The molecule has 1 aliphatic rings. The van der Waals surface area contributed by atoms with Crippen LogP contribution in [0, 0.1) is 13.8 Å². The number of methoxy groups -OCH3 is 1. The molecule has 1 fully saturated rings. The molecule has 0 spiro atoms. The summed E-state index contributed by atoms with van der Waals surface area (Å²) in [6, 6.07) is 18.7. The van der Waals surface area contributed by atoms with Crippen LogP contribution in [0.2, 0.25) is 5.02 Å². The van der Waals surface area contributed by atoms with Crippen molar-refractivity contribution in [3.63, 3.8) is 0 Å². The zero-order valence-corrected chi connectivity index (χ0v) is 18.7. The number of hydrogen-bond acceptors (Lipinski definition) is 4. The molecule has 1 heterocycles. The minimum Gasteiger partial charge on any atom is -0.507 e. The molecule has 1 atom stereocenters. The number of benzene rings is 3. The predicted octanol–water partition coefficient (Wildman–Crippen LogP) is 5.59. The van der Waals surface area contributed by atoms with Crippen molar-refractivity contribution in [3.05, 3.63) is 99.6 Å². The molecule has 6 heteroatoms. The molecule has 0 aromatic heterocycles.